The quantitative estimate of drug-likeness (QED) is 0.794. The number of anilines is 3. The minimum atomic E-state index is -0.210. The molecule has 6 heteroatoms. The Hall–Kier alpha value is -2.60. The molecule has 0 aliphatic carbocycles. The second-order valence-electron chi connectivity index (χ2n) is 8.65. The van der Waals surface area contributed by atoms with Crippen LogP contribution in [0.15, 0.2) is 48.5 Å². The molecule has 0 spiro atoms. The average Bonchev–Trinajstić information content (AvgIpc) is 2.76. The highest BCUT2D eigenvalue weighted by atomic mass is 19.1. The summed E-state index contributed by atoms with van der Waals surface area (Å²) in [6.45, 7) is 8.56. The van der Waals surface area contributed by atoms with Gasteiger partial charge in [-0.15, -0.1) is 0 Å². The summed E-state index contributed by atoms with van der Waals surface area (Å²) >= 11 is 0. The standard InChI is InChI=1S/C24H31FN4O/c1-19-10-12-28(13-11-19)23-8-4-21(5-9-23)26-24(30)18-27-14-16-29(17-15-27)22-6-2-20(25)3-7-22/h2-9,19H,10-18H2,1H3,(H,26,30)/p+1. The van der Waals surface area contributed by atoms with Crippen molar-refractivity contribution in [2.45, 2.75) is 19.8 Å². The van der Waals surface area contributed by atoms with E-state index in [1.165, 1.54) is 35.6 Å². The molecule has 1 amide bonds. The van der Waals surface area contributed by atoms with Gasteiger partial charge in [0.05, 0.1) is 26.2 Å². The number of halogens is 1. The van der Waals surface area contributed by atoms with E-state index in [2.05, 4.69) is 34.2 Å². The zero-order valence-corrected chi connectivity index (χ0v) is 17.7. The first kappa shape index (κ1) is 20.7. The fourth-order valence-electron chi connectivity index (χ4n) is 4.36. The van der Waals surface area contributed by atoms with Gasteiger partial charge in [0.2, 0.25) is 0 Å². The van der Waals surface area contributed by atoms with Crippen molar-refractivity contribution in [1.82, 2.24) is 0 Å². The number of piperidine rings is 1. The third-order valence-corrected chi connectivity index (χ3v) is 6.37. The second kappa shape index (κ2) is 9.47. The summed E-state index contributed by atoms with van der Waals surface area (Å²) in [6.07, 6.45) is 2.49. The number of carbonyl (C=O) groups is 1. The smallest absolute Gasteiger partial charge is 0.279 e. The molecule has 0 aromatic heterocycles. The zero-order chi connectivity index (χ0) is 20.9. The van der Waals surface area contributed by atoms with Crippen LogP contribution in [-0.4, -0.2) is 51.7 Å². The Morgan fingerprint density at radius 2 is 1.47 bits per heavy atom. The fraction of sp³-hybridized carbons (Fsp3) is 0.458. The van der Waals surface area contributed by atoms with E-state index in [1.54, 1.807) is 0 Å². The molecule has 160 valence electrons. The molecule has 0 atom stereocenters. The predicted octanol–water partition coefficient (Wildman–Crippen LogP) is 2.41. The van der Waals surface area contributed by atoms with Crippen LogP contribution in [0.5, 0.6) is 0 Å². The molecule has 5 nitrogen and oxygen atoms in total. The van der Waals surface area contributed by atoms with E-state index in [9.17, 15) is 9.18 Å². The molecule has 2 N–H and O–H groups in total. The molecule has 0 bridgehead atoms. The number of nitrogens with one attached hydrogen (secondary N) is 2. The van der Waals surface area contributed by atoms with Gasteiger partial charge in [0.1, 0.15) is 5.82 Å². The van der Waals surface area contributed by atoms with Crippen LogP contribution in [0, 0.1) is 11.7 Å². The topological polar surface area (TPSA) is 40.0 Å². The van der Waals surface area contributed by atoms with E-state index in [1.807, 2.05) is 24.3 Å². The maximum Gasteiger partial charge on any atom is 0.279 e. The third-order valence-electron chi connectivity index (χ3n) is 6.37. The van der Waals surface area contributed by atoms with Crippen molar-refractivity contribution in [3.8, 4) is 0 Å². The van der Waals surface area contributed by atoms with Gasteiger partial charge in [0.15, 0.2) is 6.54 Å². The largest absolute Gasteiger partial charge is 0.372 e. The third kappa shape index (κ3) is 5.30. The summed E-state index contributed by atoms with van der Waals surface area (Å²) in [6, 6.07) is 14.9. The first-order chi connectivity index (χ1) is 14.6. The predicted molar refractivity (Wildman–Crippen MR) is 120 cm³/mol. The van der Waals surface area contributed by atoms with Gasteiger partial charge < -0.3 is 20.0 Å². The maximum atomic E-state index is 13.1. The second-order valence-corrected chi connectivity index (χ2v) is 8.65. The molecular formula is C24H32FN4O+. The lowest BCUT2D eigenvalue weighted by Gasteiger charge is -2.33. The molecule has 2 aliphatic heterocycles. The summed E-state index contributed by atoms with van der Waals surface area (Å²) < 4.78 is 13.1. The lowest BCUT2D eigenvalue weighted by Crippen LogP contribution is -3.15. The van der Waals surface area contributed by atoms with Gasteiger partial charge >= 0.3 is 0 Å². The van der Waals surface area contributed by atoms with Crippen molar-refractivity contribution in [3.05, 3.63) is 54.3 Å². The number of benzene rings is 2. The number of hydrogen-bond donors (Lipinski definition) is 2. The highest BCUT2D eigenvalue weighted by Crippen LogP contribution is 2.24. The van der Waals surface area contributed by atoms with Crippen LogP contribution in [0.3, 0.4) is 0 Å². The van der Waals surface area contributed by atoms with E-state index in [0.29, 0.717) is 6.54 Å². The average molecular weight is 412 g/mol. The molecule has 2 aromatic rings. The summed E-state index contributed by atoms with van der Waals surface area (Å²) in [7, 11) is 0. The van der Waals surface area contributed by atoms with E-state index in [0.717, 1.165) is 56.6 Å². The Morgan fingerprint density at radius 1 is 0.933 bits per heavy atom. The normalized spacial score (nSPS) is 18.5. The Labute approximate surface area is 178 Å². The molecule has 2 saturated heterocycles. The van der Waals surface area contributed by atoms with Gasteiger partial charge in [0.25, 0.3) is 5.91 Å². The monoisotopic (exact) mass is 411 g/mol. The number of amides is 1. The molecule has 2 fully saturated rings. The number of rotatable bonds is 5. The number of hydrogen-bond acceptors (Lipinski definition) is 3. The van der Waals surface area contributed by atoms with Gasteiger partial charge in [0, 0.05) is 30.2 Å². The highest BCUT2D eigenvalue weighted by molar-refractivity contribution is 5.91. The Bertz CT molecular complexity index is 823. The molecule has 2 aromatic carbocycles. The van der Waals surface area contributed by atoms with Crippen LogP contribution in [0.1, 0.15) is 19.8 Å². The molecule has 0 unspecified atom stereocenters. The van der Waals surface area contributed by atoms with Crippen LogP contribution in [0.25, 0.3) is 0 Å². The van der Waals surface area contributed by atoms with Gasteiger partial charge in [-0.2, -0.15) is 0 Å². The zero-order valence-electron chi connectivity index (χ0n) is 17.7. The lowest BCUT2D eigenvalue weighted by atomic mass is 9.99. The van der Waals surface area contributed by atoms with Gasteiger partial charge in [-0.25, -0.2) is 4.39 Å². The van der Waals surface area contributed by atoms with Crippen LogP contribution in [0.2, 0.25) is 0 Å². The Balaban J connectivity index is 1.22. The van der Waals surface area contributed by atoms with Crippen LogP contribution in [0.4, 0.5) is 21.5 Å². The van der Waals surface area contributed by atoms with E-state index >= 15 is 0 Å². The van der Waals surface area contributed by atoms with Crippen molar-refractivity contribution in [1.29, 1.82) is 0 Å². The Morgan fingerprint density at radius 3 is 2.07 bits per heavy atom. The SMILES string of the molecule is CC1CCN(c2ccc(NC(=O)C[NH+]3CCN(c4ccc(F)cc4)CC3)cc2)CC1. The maximum absolute atomic E-state index is 13.1. The lowest BCUT2D eigenvalue weighted by molar-refractivity contribution is -0.892. The summed E-state index contributed by atoms with van der Waals surface area (Å²) in [5.41, 5.74) is 3.14. The molecule has 2 heterocycles. The summed E-state index contributed by atoms with van der Waals surface area (Å²) in [5.74, 6) is 0.665. The summed E-state index contributed by atoms with van der Waals surface area (Å²) in [5, 5.41) is 3.04. The van der Waals surface area contributed by atoms with Crippen molar-refractivity contribution in [2.24, 2.45) is 5.92 Å². The minimum absolute atomic E-state index is 0.0554. The van der Waals surface area contributed by atoms with E-state index in [-0.39, 0.29) is 11.7 Å². The molecule has 0 radical (unpaired) electrons. The Kier molecular flexibility index (Phi) is 6.53. The molecule has 0 saturated carbocycles. The van der Waals surface area contributed by atoms with Gasteiger partial charge in [-0.1, -0.05) is 6.92 Å². The number of piperazine rings is 1. The van der Waals surface area contributed by atoms with Crippen molar-refractivity contribution < 1.29 is 14.1 Å². The van der Waals surface area contributed by atoms with Crippen LogP contribution in [-0.2, 0) is 4.79 Å². The first-order valence-corrected chi connectivity index (χ1v) is 11.1. The number of carbonyl (C=O) groups excluding carboxylic acids is 1. The van der Waals surface area contributed by atoms with Crippen molar-refractivity contribution >= 4 is 23.0 Å². The van der Waals surface area contributed by atoms with Crippen LogP contribution < -0.4 is 20.0 Å². The van der Waals surface area contributed by atoms with Gasteiger partial charge in [-0.05, 0) is 67.3 Å². The van der Waals surface area contributed by atoms with E-state index < -0.39 is 0 Å². The molecule has 2 aliphatic rings. The minimum Gasteiger partial charge on any atom is -0.372 e. The summed E-state index contributed by atoms with van der Waals surface area (Å²) in [4.78, 5) is 18.5. The highest BCUT2D eigenvalue weighted by Gasteiger charge is 2.22. The molecular weight excluding hydrogens is 379 g/mol. The fourth-order valence-corrected chi connectivity index (χ4v) is 4.36. The number of quaternary nitrogens is 1. The van der Waals surface area contributed by atoms with Crippen molar-refractivity contribution in [3.63, 3.8) is 0 Å². The van der Waals surface area contributed by atoms with Crippen LogP contribution >= 0.6 is 0 Å². The van der Waals surface area contributed by atoms with Gasteiger partial charge in [-0.3, -0.25) is 4.79 Å². The number of nitrogens with zero attached hydrogens (tertiary/aromatic N) is 2. The van der Waals surface area contributed by atoms with Crippen molar-refractivity contribution in [2.75, 3.05) is 60.9 Å². The van der Waals surface area contributed by atoms with E-state index in [4.69, 9.17) is 0 Å². The molecule has 4 rings (SSSR count). The first-order valence-electron chi connectivity index (χ1n) is 11.1. The molecule has 30 heavy (non-hydrogen) atoms.